The lowest BCUT2D eigenvalue weighted by molar-refractivity contribution is -0.140. The fourth-order valence-electron chi connectivity index (χ4n) is 3.23. The highest BCUT2D eigenvalue weighted by Gasteiger charge is 2.21. The maximum absolute atomic E-state index is 12.6. The van der Waals surface area contributed by atoms with E-state index in [0.29, 0.717) is 17.0 Å². The Balaban J connectivity index is 0.00000300. The van der Waals surface area contributed by atoms with E-state index in [1.807, 2.05) is 44.3 Å². The van der Waals surface area contributed by atoms with Gasteiger partial charge in [-0.05, 0) is 37.6 Å². The first-order chi connectivity index (χ1) is 13.4. The number of Topliss-reactive ketones (excluding diaryl/α,β-unsaturated/α-hetero) is 1. The van der Waals surface area contributed by atoms with Gasteiger partial charge in [0.15, 0.2) is 5.78 Å². The number of nitrogens with one attached hydrogen (secondary N) is 2. The highest BCUT2D eigenvalue weighted by atomic mass is 35.5. The number of aromatic nitrogens is 2. The topological polar surface area (TPSA) is 96.5 Å². The van der Waals surface area contributed by atoms with Crippen molar-refractivity contribution in [1.29, 1.82) is 0 Å². The van der Waals surface area contributed by atoms with Crippen molar-refractivity contribution < 1.29 is 19.1 Å². The smallest absolute Gasteiger partial charge is 0.305 e. The molecule has 0 fully saturated rings. The van der Waals surface area contributed by atoms with E-state index < -0.39 is 5.97 Å². The minimum Gasteiger partial charge on any atom is -0.494 e. The van der Waals surface area contributed by atoms with Gasteiger partial charge in [-0.15, -0.1) is 12.4 Å². The standard InChI is InChI=1S/C21H23N3O4.ClH/c1-12-15(23-13(2)21(12)18(25)7-8-20(26)28-4)10-17-19(27-3)11-16(24-17)14-6-5-9-22-14;/h5-6,9-11,22-23H,7-8H2,1-4H3;1H. The van der Waals surface area contributed by atoms with Crippen LogP contribution in [0.3, 0.4) is 0 Å². The van der Waals surface area contributed by atoms with Crippen LogP contribution < -0.4 is 0 Å². The van der Waals surface area contributed by atoms with Crippen LogP contribution in [0.15, 0.2) is 40.9 Å². The second-order valence-electron chi connectivity index (χ2n) is 6.49. The van der Waals surface area contributed by atoms with Crippen molar-refractivity contribution in [2.24, 2.45) is 4.99 Å². The number of halogens is 1. The SMILES string of the molecule is COC(=O)CCC(=O)c1c(C)[nH]c(C=C2N=C(c3ccc[nH]3)C=C2OC)c1C.Cl. The zero-order valence-electron chi connectivity index (χ0n) is 16.8. The molecule has 3 rings (SSSR count). The number of carbonyl (C=O) groups excluding carboxylic acids is 2. The summed E-state index contributed by atoms with van der Waals surface area (Å²) in [7, 11) is 2.91. The van der Waals surface area contributed by atoms with E-state index in [4.69, 9.17) is 4.74 Å². The molecule has 7 nitrogen and oxygen atoms in total. The largest absolute Gasteiger partial charge is 0.494 e. The molecule has 2 aromatic heterocycles. The predicted molar refractivity (Wildman–Crippen MR) is 113 cm³/mol. The molecule has 0 bridgehead atoms. The molecule has 1 aliphatic heterocycles. The summed E-state index contributed by atoms with van der Waals surface area (Å²) < 4.78 is 10.1. The number of aliphatic imine (C=N–C) groups is 1. The van der Waals surface area contributed by atoms with Crippen LogP contribution in [0.2, 0.25) is 0 Å². The first-order valence-corrected chi connectivity index (χ1v) is 8.94. The third-order valence-corrected chi connectivity index (χ3v) is 4.67. The molecule has 0 saturated carbocycles. The van der Waals surface area contributed by atoms with Gasteiger partial charge in [0, 0.05) is 35.6 Å². The van der Waals surface area contributed by atoms with Crippen LogP contribution in [0.4, 0.5) is 0 Å². The van der Waals surface area contributed by atoms with Gasteiger partial charge in [0.25, 0.3) is 0 Å². The molecule has 0 spiro atoms. The minimum atomic E-state index is -0.395. The highest BCUT2D eigenvalue weighted by molar-refractivity contribution is 6.11. The number of rotatable bonds is 7. The number of hydrogen-bond donors (Lipinski definition) is 2. The fourth-order valence-corrected chi connectivity index (χ4v) is 3.23. The summed E-state index contributed by atoms with van der Waals surface area (Å²) in [5, 5.41) is 0. The summed E-state index contributed by atoms with van der Waals surface area (Å²) >= 11 is 0. The summed E-state index contributed by atoms with van der Waals surface area (Å²) in [6.45, 7) is 3.72. The van der Waals surface area contributed by atoms with Gasteiger partial charge in [-0.25, -0.2) is 4.99 Å². The van der Waals surface area contributed by atoms with Crippen LogP contribution in [-0.4, -0.2) is 41.7 Å². The monoisotopic (exact) mass is 417 g/mol. The number of aryl methyl sites for hydroxylation is 1. The molecule has 0 radical (unpaired) electrons. The quantitative estimate of drug-likeness (QED) is 0.527. The molecule has 0 aliphatic carbocycles. The summed E-state index contributed by atoms with van der Waals surface area (Å²) in [6.07, 6.45) is 5.75. The molecule has 154 valence electrons. The normalized spacial score (nSPS) is 14.3. The van der Waals surface area contributed by atoms with Gasteiger partial charge < -0.3 is 19.4 Å². The lowest BCUT2D eigenvalue weighted by Crippen LogP contribution is -2.07. The number of H-pyrrole nitrogens is 2. The Bertz CT molecular complexity index is 998. The van der Waals surface area contributed by atoms with E-state index in [1.165, 1.54) is 7.11 Å². The fraction of sp³-hybridized carbons (Fsp3) is 0.286. The number of ether oxygens (including phenoxy) is 2. The molecule has 29 heavy (non-hydrogen) atoms. The Hall–Kier alpha value is -3.06. The second-order valence-corrected chi connectivity index (χ2v) is 6.49. The van der Waals surface area contributed by atoms with Crippen molar-refractivity contribution in [1.82, 2.24) is 9.97 Å². The van der Waals surface area contributed by atoms with E-state index in [1.54, 1.807) is 7.11 Å². The predicted octanol–water partition coefficient (Wildman–Crippen LogP) is 3.89. The molecule has 0 amide bonds. The van der Waals surface area contributed by atoms with Crippen LogP contribution >= 0.6 is 12.4 Å². The maximum atomic E-state index is 12.6. The molecule has 0 atom stereocenters. The van der Waals surface area contributed by atoms with Crippen LogP contribution in [0.1, 0.15) is 45.8 Å². The lowest BCUT2D eigenvalue weighted by Gasteiger charge is -2.03. The van der Waals surface area contributed by atoms with E-state index >= 15 is 0 Å². The second kappa shape index (κ2) is 9.43. The Morgan fingerprint density at radius 3 is 2.59 bits per heavy atom. The molecular formula is C21H24ClN3O4. The van der Waals surface area contributed by atoms with Gasteiger partial charge in [-0.3, -0.25) is 9.59 Å². The molecule has 0 aromatic carbocycles. The van der Waals surface area contributed by atoms with E-state index in [-0.39, 0.29) is 31.0 Å². The maximum Gasteiger partial charge on any atom is 0.305 e. The van der Waals surface area contributed by atoms with Gasteiger partial charge in [-0.2, -0.15) is 0 Å². The number of esters is 1. The van der Waals surface area contributed by atoms with Gasteiger partial charge in [-0.1, -0.05) is 0 Å². The molecule has 8 heteroatoms. The molecule has 1 aliphatic rings. The Labute approximate surface area is 175 Å². The van der Waals surface area contributed by atoms with Crippen molar-refractivity contribution in [3.05, 3.63) is 64.1 Å². The lowest BCUT2D eigenvalue weighted by atomic mass is 10.0. The summed E-state index contributed by atoms with van der Waals surface area (Å²) in [5.41, 5.74) is 5.32. The van der Waals surface area contributed by atoms with Gasteiger partial charge in [0.1, 0.15) is 11.5 Å². The van der Waals surface area contributed by atoms with Crippen LogP contribution in [-0.2, 0) is 14.3 Å². The third kappa shape index (κ3) is 4.68. The van der Waals surface area contributed by atoms with E-state index in [0.717, 1.165) is 28.4 Å². The number of ketones is 1. The molecular weight excluding hydrogens is 394 g/mol. The zero-order chi connectivity index (χ0) is 20.3. The highest BCUT2D eigenvalue weighted by Crippen LogP contribution is 2.28. The number of allylic oxidation sites excluding steroid dienone is 1. The number of methoxy groups -OCH3 is 2. The van der Waals surface area contributed by atoms with E-state index in [2.05, 4.69) is 19.7 Å². The number of aromatic amines is 2. The molecule has 2 N–H and O–H groups in total. The van der Waals surface area contributed by atoms with Crippen molar-refractivity contribution in [3.63, 3.8) is 0 Å². The van der Waals surface area contributed by atoms with Gasteiger partial charge in [0.05, 0.1) is 32.0 Å². The molecule has 0 saturated heterocycles. The Morgan fingerprint density at radius 2 is 1.97 bits per heavy atom. The zero-order valence-corrected chi connectivity index (χ0v) is 17.6. The first-order valence-electron chi connectivity index (χ1n) is 8.94. The third-order valence-electron chi connectivity index (χ3n) is 4.67. The van der Waals surface area contributed by atoms with Crippen molar-refractivity contribution in [2.75, 3.05) is 14.2 Å². The summed E-state index contributed by atoms with van der Waals surface area (Å²) in [4.78, 5) is 34.9. The minimum absolute atomic E-state index is 0. The van der Waals surface area contributed by atoms with Crippen molar-refractivity contribution in [2.45, 2.75) is 26.7 Å². The number of carbonyl (C=O) groups is 2. The van der Waals surface area contributed by atoms with Crippen molar-refractivity contribution >= 4 is 35.9 Å². The average Bonchev–Trinajstić information content (AvgIpc) is 3.39. The molecule has 2 aromatic rings. The van der Waals surface area contributed by atoms with E-state index in [9.17, 15) is 9.59 Å². The first kappa shape index (κ1) is 22.2. The van der Waals surface area contributed by atoms with Gasteiger partial charge in [0.2, 0.25) is 0 Å². The van der Waals surface area contributed by atoms with Crippen LogP contribution in [0.25, 0.3) is 6.08 Å². The summed E-state index contributed by atoms with van der Waals surface area (Å²) in [6, 6.07) is 3.85. The Morgan fingerprint density at radius 1 is 1.21 bits per heavy atom. The molecule has 3 heterocycles. The molecule has 0 unspecified atom stereocenters. The van der Waals surface area contributed by atoms with Crippen LogP contribution in [0.5, 0.6) is 0 Å². The number of nitrogens with zero attached hydrogens (tertiary/aromatic N) is 1. The Kier molecular flexibility index (Phi) is 7.23. The summed E-state index contributed by atoms with van der Waals surface area (Å²) in [5.74, 6) is 0.161. The van der Waals surface area contributed by atoms with Crippen LogP contribution in [0, 0.1) is 13.8 Å². The average molecular weight is 418 g/mol. The van der Waals surface area contributed by atoms with Gasteiger partial charge >= 0.3 is 5.97 Å². The number of hydrogen-bond acceptors (Lipinski definition) is 5. The van der Waals surface area contributed by atoms with Crippen molar-refractivity contribution in [3.8, 4) is 0 Å².